The van der Waals surface area contributed by atoms with Gasteiger partial charge in [-0.05, 0) is 24.6 Å². The molecule has 0 aliphatic carbocycles. The lowest BCUT2D eigenvalue weighted by atomic mass is 10.2. The van der Waals surface area contributed by atoms with Crippen molar-refractivity contribution >= 4 is 29.2 Å². The number of amides is 3. The van der Waals surface area contributed by atoms with Crippen LogP contribution in [0.3, 0.4) is 0 Å². The highest BCUT2D eigenvalue weighted by Crippen LogP contribution is 2.09. The van der Waals surface area contributed by atoms with E-state index in [1.54, 1.807) is 29.2 Å². The number of anilines is 1. The molecule has 0 radical (unpaired) electrons. The minimum atomic E-state index is -0.417. The molecule has 1 aromatic carbocycles. The predicted octanol–water partition coefficient (Wildman–Crippen LogP) is 1.99. The van der Waals surface area contributed by atoms with Gasteiger partial charge in [0.2, 0.25) is 5.91 Å². The Bertz CT molecular complexity index is 669. The summed E-state index contributed by atoms with van der Waals surface area (Å²) in [5.74, 6) is -0.317. The summed E-state index contributed by atoms with van der Waals surface area (Å²) in [6.07, 6.45) is 3.28. The van der Waals surface area contributed by atoms with Crippen molar-refractivity contribution in [3.8, 4) is 0 Å². The van der Waals surface area contributed by atoms with Crippen LogP contribution in [-0.2, 0) is 17.9 Å². The van der Waals surface area contributed by atoms with Gasteiger partial charge in [-0.3, -0.25) is 9.48 Å². The van der Waals surface area contributed by atoms with Gasteiger partial charge in [-0.2, -0.15) is 5.10 Å². The van der Waals surface area contributed by atoms with Crippen molar-refractivity contribution in [3.63, 3.8) is 0 Å². The molecule has 2 aromatic rings. The van der Waals surface area contributed by atoms with Gasteiger partial charge >= 0.3 is 6.03 Å². The van der Waals surface area contributed by atoms with E-state index in [1.165, 1.54) is 0 Å². The van der Waals surface area contributed by atoms with Crippen LogP contribution in [0.2, 0.25) is 5.02 Å². The molecule has 3 amide bonds. The molecule has 0 spiro atoms. The summed E-state index contributed by atoms with van der Waals surface area (Å²) in [6, 6.07) is 6.72. The number of halogens is 1. The first kappa shape index (κ1) is 16.8. The first-order valence-corrected chi connectivity index (χ1v) is 7.53. The Balaban J connectivity index is 1.69. The van der Waals surface area contributed by atoms with Gasteiger partial charge in [-0.1, -0.05) is 23.7 Å². The fourth-order valence-electron chi connectivity index (χ4n) is 1.81. The SMILES string of the molecule is CCn1cc(NC(=O)CNC(=O)NCc2ccc(Cl)cc2)cn1. The van der Waals surface area contributed by atoms with Crippen LogP contribution in [0.25, 0.3) is 0 Å². The van der Waals surface area contributed by atoms with Crippen molar-refractivity contribution in [3.05, 3.63) is 47.2 Å². The number of urea groups is 1. The average Bonchev–Trinajstić information content (AvgIpc) is 3.00. The summed E-state index contributed by atoms with van der Waals surface area (Å²) in [4.78, 5) is 23.4. The second-order valence-electron chi connectivity index (χ2n) is 4.80. The van der Waals surface area contributed by atoms with E-state index in [0.717, 1.165) is 12.1 Å². The number of aryl methyl sites for hydroxylation is 1. The molecular formula is C15H18ClN5O2. The third-order valence-corrected chi connectivity index (χ3v) is 3.27. The van der Waals surface area contributed by atoms with Gasteiger partial charge in [-0.25, -0.2) is 4.79 Å². The number of aromatic nitrogens is 2. The van der Waals surface area contributed by atoms with E-state index in [0.29, 0.717) is 17.3 Å². The normalized spacial score (nSPS) is 10.2. The summed E-state index contributed by atoms with van der Waals surface area (Å²) in [5, 5.41) is 12.5. The van der Waals surface area contributed by atoms with Gasteiger partial charge in [0, 0.05) is 24.3 Å². The van der Waals surface area contributed by atoms with E-state index in [-0.39, 0.29) is 12.5 Å². The Morgan fingerprint density at radius 2 is 1.96 bits per heavy atom. The molecule has 8 heteroatoms. The van der Waals surface area contributed by atoms with E-state index >= 15 is 0 Å². The number of carbonyl (C=O) groups excluding carboxylic acids is 2. The van der Waals surface area contributed by atoms with Gasteiger partial charge < -0.3 is 16.0 Å². The monoisotopic (exact) mass is 335 g/mol. The van der Waals surface area contributed by atoms with Gasteiger partial charge in [0.05, 0.1) is 18.4 Å². The highest BCUT2D eigenvalue weighted by molar-refractivity contribution is 6.30. The van der Waals surface area contributed by atoms with Gasteiger partial charge in [0.1, 0.15) is 0 Å². The molecule has 23 heavy (non-hydrogen) atoms. The van der Waals surface area contributed by atoms with Gasteiger partial charge in [0.15, 0.2) is 0 Å². The minimum Gasteiger partial charge on any atom is -0.334 e. The molecule has 0 aliphatic rings. The highest BCUT2D eigenvalue weighted by Gasteiger charge is 2.07. The molecule has 0 saturated heterocycles. The molecule has 3 N–H and O–H groups in total. The van der Waals surface area contributed by atoms with Crippen LogP contribution in [-0.4, -0.2) is 28.3 Å². The standard InChI is InChI=1S/C15H18ClN5O2/c1-2-21-10-13(8-19-21)20-14(22)9-18-15(23)17-7-11-3-5-12(16)6-4-11/h3-6,8,10H,2,7,9H2,1H3,(H,20,22)(H2,17,18,23). The number of rotatable bonds is 6. The van der Waals surface area contributed by atoms with Gasteiger partial charge in [0.25, 0.3) is 0 Å². The Hall–Kier alpha value is -2.54. The van der Waals surface area contributed by atoms with Crippen molar-refractivity contribution < 1.29 is 9.59 Å². The predicted molar refractivity (Wildman–Crippen MR) is 88.2 cm³/mol. The lowest BCUT2D eigenvalue weighted by Gasteiger charge is -2.08. The smallest absolute Gasteiger partial charge is 0.315 e. The summed E-state index contributed by atoms with van der Waals surface area (Å²) >= 11 is 5.79. The second kappa shape index (κ2) is 8.19. The van der Waals surface area contributed by atoms with Crippen molar-refractivity contribution in [2.75, 3.05) is 11.9 Å². The molecule has 0 aliphatic heterocycles. The van der Waals surface area contributed by atoms with Crippen LogP contribution in [0.15, 0.2) is 36.7 Å². The van der Waals surface area contributed by atoms with E-state index in [4.69, 9.17) is 11.6 Å². The fourth-order valence-corrected chi connectivity index (χ4v) is 1.94. The van der Waals surface area contributed by atoms with Crippen LogP contribution in [0, 0.1) is 0 Å². The number of nitrogens with one attached hydrogen (secondary N) is 3. The van der Waals surface area contributed by atoms with Crippen molar-refractivity contribution in [2.45, 2.75) is 20.0 Å². The van der Waals surface area contributed by atoms with Crippen molar-refractivity contribution in [1.29, 1.82) is 0 Å². The number of nitrogens with zero attached hydrogens (tertiary/aromatic N) is 2. The zero-order chi connectivity index (χ0) is 16.7. The van der Waals surface area contributed by atoms with Crippen LogP contribution in [0.5, 0.6) is 0 Å². The highest BCUT2D eigenvalue weighted by atomic mass is 35.5. The molecule has 0 atom stereocenters. The van der Waals surface area contributed by atoms with E-state index in [1.807, 2.05) is 19.1 Å². The molecule has 7 nitrogen and oxygen atoms in total. The van der Waals surface area contributed by atoms with Crippen LogP contribution in [0.1, 0.15) is 12.5 Å². The van der Waals surface area contributed by atoms with Crippen LogP contribution >= 0.6 is 11.6 Å². The first-order valence-electron chi connectivity index (χ1n) is 7.15. The molecule has 0 fully saturated rings. The first-order chi connectivity index (χ1) is 11.1. The molecule has 1 heterocycles. The topological polar surface area (TPSA) is 88.0 Å². The lowest BCUT2D eigenvalue weighted by molar-refractivity contribution is -0.115. The molecule has 1 aromatic heterocycles. The number of carbonyl (C=O) groups is 2. The molecule has 0 unspecified atom stereocenters. The Kier molecular flexibility index (Phi) is 5.99. The third-order valence-electron chi connectivity index (χ3n) is 3.02. The molecule has 0 bridgehead atoms. The van der Waals surface area contributed by atoms with E-state index in [9.17, 15) is 9.59 Å². The molecular weight excluding hydrogens is 318 g/mol. The molecule has 0 saturated carbocycles. The van der Waals surface area contributed by atoms with Crippen molar-refractivity contribution in [2.24, 2.45) is 0 Å². The van der Waals surface area contributed by atoms with E-state index < -0.39 is 6.03 Å². The van der Waals surface area contributed by atoms with Gasteiger partial charge in [-0.15, -0.1) is 0 Å². The molecule has 122 valence electrons. The lowest BCUT2D eigenvalue weighted by Crippen LogP contribution is -2.39. The third kappa shape index (κ3) is 5.63. The molecule has 2 rings (SSSR count). The van der Waals surface area contributed by atoms with E-state index in [2.05, 4.69) is 21.0 Å². The Labute approximate surface area is 139 Å². The quantitative estimate of drug-likeness (QED) is 0.754. The number of hydrogen-bond donors (Lipinski definition) is 3. The summed E-state index contributed by atoms with van der Waals surface area (Å²) in [7, 11) is 0. The number of hydrogen-bond acceptors (Lipinski definition) is 3. The zero-order valence-electron chi connectivity index (χ0n) is 12.7. The summed E-state index contributed by atoms with van der Waals surface area (Å²) in [5.41, 5.74) is 1.52. The maximum Gasteiger partial charge on any atom is 0.315 e. The fraction of sp³-hybridized carbons (Fsp3) is 0.267. The van der Waals surface area contributed by atoms with Crippen LogP contribution in [0.4, 0.5) is 10.5 Å². The van der Waals surface area contributed by atoms with Crippen molar-refractivity contribution in [1.82, 2.24) is 20.4 Å². The minimum absolute atomic E-state index is 0.121. The maximum atomic E-state index is 11.7. The average molecular weight is 336 g/mol. The maximum absolute atomic E-state index is 11.7. The van der Waals surface area contributed by atoms with Crippen LogP contribution < -0.4 is 16.0 Å². The summed E-state index contributed by atoms with van der Waals surface area (Å²) in [6.45, 7) is 2.91. The summed E-state index contributed by atoms with van der Waals surface area (Å²) < 4.78 is 1.70. The largest absolute Gasteiger partial charge is 0.334 e. The second-order valence-corrected chi connectivity index (χ2v) is 5.23. The Morgan fingerprint density at radius 1 is 1.22 bits per heavy atom. The zero-order valence-corrected chi connectivity index (χ0v) is 13.4. The Morgan fingerprint density at radius 3 is 2.61 bits per heavy atom. The number of benzene rings is 1.